The number of rotatable bonds is 7. The van der Waals surface area contributed by atoms with Crippen LogP contribution in [0, 0.1) is 0 Å². The molecule has 1 heterocycles. The summed E-state index contributed by atoms with van der Waals surface area (Å²) in [4.78, 5) is 24.3. The second kappa shape index (κ2) is 8.98. The summed E-state index contributed by atoms with van der Waals surface area (Å²) in [5, 5.41) is 5.30. The molecule has 148 valence electrons. The second-order valence-electron chi connectivity index (χ2n) is 6.05. The van der Waals surface area contributed by atoms with Gasteiger partial charge in [0.05, 0.1) is 27.3 Å². The third kappa shape index (κ3) is 4.64. The summed E-state index contributed by atoms with van der Waals surface area (Å²) in [6, 6.07) is 12.1. The summed E-state index contributed by atoms with van der Waals surface area (Å²) in [7, 11) is 3.00. The lowest BCUT2D eigenvalue weighted by Crippen LogP contribution is -2.44. The molecule has 0 spiro atoms. The molecule has 0 saturated carbocycles. The zero-order valence-electron chi connectivity index (χ0n) is 15.7. The van der Waals surface area contributed by atoms with Crippen molar-refractivity contribution in [1.29, 1.82) is 0 Å². The van der Waals surface area contributed by atoms with Gasteiger partial charge in [-0.15, -0.1) is 0 Å². The molecule has 1 aliphatic heterocycles. The van der Waals surface area contributed by atoms with Crippen LogP contribution in [0.1, 0.15) is 10.4 Å². The number of methoxy groups -OCH3 is 2. The van der Waals surface area contributed by atoms with E-state index in [0.717, 1.165) is 0 Å². The molecule has 0 radical (unpaired) electrons. The third-order valence-electron chi connectivity index (χ3n) is 4.15. The molecule has 1 atom stereocenters. The van der Waals surface area contributed by atoms with Crippen molar-refractivity contribution in [2.24, 2.45) is 0 Å². The van der Waals surface area contributed by atoms with Crippen molar-refractivity contribution in [3.05, 3.63) is 48.0 Å². The molecule has 2 N–H and O–H groups in total. The fraction of sp³-hybridized carbons (Fsp3) is 0.300. The SMILES string of the molecule is COc1ccc(C(=O)NCC(=O)NC[C@@H]2COc3ccccc3O2)cc1OC. The summed E-state index contributed by atoms with van der Waals surface area (Å²) in [6.45, 7) is 0.464. The van der Waals surface area contributed by atoms with E-state index in [0.29, 0.717) is 35.2 Å². The Bertz CT molecular complexity index is 854. The smallest absolute Gasteiger partial charge is 0.251 e. The normalized spacial score (nSPS) is 14.7. The first kappa shape index (κ1) is 19.3. The number of benzene rings is 2. The average molecular weight is 386 g/mol. The molecule has 8 nitrogen and oxygen atoms in total. The highest BCUT2D eigenvalue weighted by Gasteiger charge is 2.21. The molecule has 0 bridgehead atoms. The third-order valence-corrected chi connectivity index (χ3v) is 4.15. The molecule has 8 heteroatoms. The van der Waals surface area contributed by atoms with Crippen LogP contribution in [0.2, 0.25) is 0 Å². The van der Waals surface area contributed by atoms with Crippen LogP contribution in [0.25, 0.3) is 0 Å². The van der Waals surface area contributed by atoms with E-state index >= 15 is 0 Å². The highest BCUT2D eigenvalue weighted by Crippen LogP contribution is 2.30. The number of para-hydroxylation sites is 2. The van der Waals surface area contributed by atoms with E-state index in [-0.39, 0.29) is 31.0 Å². The Morgan fingerprint density at radius 2 is 1.79 bits per heavy atom. The molecule has 0 unspecified atom stereocenters. The first-order valence-corrected chi connectivity index (χ1v) is 8.76. The minimum Gasteiger partial charge on any atom is -0.493 e. The van der Waals surface area contributed by atoms with Gasteiger partial charge in [0.25, 0.3) is 5.91 Å². The van der Waals surface area contributed by atoms with Crippen LogP contribution in [0.4, 0.5) is 0 Å². The zero-order valence-corrected chi connectivity index (χ0v) is 15.7. The maximum Gasteiger partial charge on any atom is 0.251 e. The molecule has 0 fully saturated rings. The van der Waals surface area contributed by atoms with Crippen molar-refractivity contribution >= 4 is 11.8 Å². The van der Waals surface area contributed by atoms with Crippen molar-refractivity contribution in [3.63, 3.8) is 0 Å². The Kier molecular flexibility index (Phi) is 6.21. The van der Waals surface area contributed by atoms with Crippen LogP contribution in [-0.2, 0) is 4.79 Å². The monoisotopic (exact) mass is 386 g/mol. The molecule has 1 aliphatic rings. The molecule has 2 aromatic carbocycles. The van der Waals surface area contributed by atoms with E-state index < -0.39 is 0 Å². The fourth-order valence-electron chi connectivity index (χ4n) is 2.69. The summed E-state index contributed by atoms with van der Waals surface area (Å²) >= 11 is 0. The van der Waals surface area contributed by atoms with E-state index in [9.17, 15) is 9.59 Å². The Labute approximate surface area is 162 Å². The lowest BCUT2D eigenvalue weighted by atomic mass is 10.2. The summed E-state index contributed by atoms with van der Waals surface area (Å²) < 4.78 is 21.7. The van der Waals surface area contributed by atoms with Gasteiger partial charge in [0.15, 0.2) is 23.0 Å². The number of fused-ring (bicyclic) bond motifs is 1. The highest BCUT2D eigenvalue weighted by atomic mass is 16.6. The average Bonchev–Trinajstić information content (AvgIpc) is 2.75. The highest BCUT2D eigenvalue weighted by molar-refractivity contribution is 5.97. The molecule has 28 heavy (non-hydrogen) atoms. The second-order valence-corrected chi connectivity index (χ2v) is 6.05. The summed E-state index contributed by atoms with van der Waals surface area (Å²) in [6.07, 6.45) is -0.291. The fourth-order valence-corrected chi connectivity index (χ4v) is 2.69. The van der Waals surface area contributed by atoms with Crippen LogP contribution in [-0.4, -0.2) is 51.8 Å². The Balaban J connectivity index is 1.45. The zero-order chi connectivity index (χ0) is 19.9. The molecule has 2 amide bonds. The van der Waals surface area contributed by atoms with Gasteiger partial charge in [-0.1, -0.05) is 12.1 Å². The Morgan fingerprint density at radius 1 is 1.04 bits per heavy atom. The van der Waals surface area contributed by atoms with Crippen LogP contribution in [0.5, 0.6) is 23.0 Å². The maximum atomic E-state index is 12.2. The van der Waals surface area contributed by atoms with Gasteiger partial charge >= 0.3 is 0 Å². The van der Waals surface area contributed by atoms with Crippen molar-refractivity contribution in [2.45, 2.75) is 6.10 Å². The summed E-state index contributed by atoms with van der Waals surface area (Å²) in [5.41, 5.74) is 0.367. The lowest BCUT2D eigenvalue weighted by molar-refractivity contribution is -0.120. The maximum absolute atomic E-state index is 12.2. The van der Waals surface area contributed by atoms with Crippen molar-refractivity contribution in [1.82, 2.24) is 10.6 Å². The number of carbonyl (C=O) groups excluding carboxylic acids is 2. The number of nitrogens with one attached hydrogen (secondary N) is 2. The number of hydrogen-bond donors (Lipinski definition) is 2. The van der Waals surface area contributed by atoms with Crippen LogP contribution in [0.15, 0.2) is 42.5 Å². The minimum atomic E-state index is -0.387. The van der Waals surface area contributed by atoms with Gasteiger partial charge in [0.1, 0.15) is 12.7 Å². The lowest BCUT2D eigenvalue weighted by Gasteiger charge is -2.26. The number of hydrogen-bond acceptors (Lipinski definition) is 6. The molecule has 3 rings (SSSR count). The number of ether oxygens (including phenoxy) is 4. The summed E-state index contributed by atoms with van der Waals surface area (Å²) in [5.74, 6) is 1.59. The topological polar surface area (TPSA) is 95.1 Å². The van der Waals surface area contributed by atoms with E-state index in [4.69, 9.17) is 18.9 Å². The van der Waals surface area contributed by atoms with Gasteiger partial charge in [0, 0.05) is 5.56 Å². The van der Waals surface area contributed by atoms with Crippen LogP contribution < -0.4 is 29.6 Å². The van der Waals surface area contributed by atoms with E-state index in [1.54, 1.807) is 18.2 Å². The first-order chi connectivity index (χ1) is 13.6. The molecule has 0 aromatic heterocycles. The predicted octanol–water partition coefficient (Wildman–Crippen LogP) is 1.39. The number of amides is 2. The molecule has 0 saturated heterocycles. The molecule has 2 aromatic rings. The Hall–Kier alpha value is -3.42. The predicted molar refractivity (Wildman–Crippen MR) is 101 cm³/mol. The molecular formula is C20H22N2O6. The van der Waals surface area contributed by atoms with Crippen molar-refractivity contribution in [3.8, 4) is 23.0 Å². The quantitative estimate of drug-likeness (QED) is 0.747. The minimum absolute atomic E-state index is 0.155. The van der Waals surface area contributed by atoms with Crippen LogP contribution in [0.3, 0.4) is 0 Å². The standard InChI is InChI=1S/C20H22N2O6/c1-25-15-8-7-13(9-18(15)26-2)20(24)22-11-19(23)21-10-14-12-27-16-5-3-4-6-17(16)28-14/h3-9,14H,10-12H2,1-2H3,(H,21,23)(H,22,24)/t14-/m1/s1. The van der Waals surface area contributed by atoms with Crippen LogP contribution >= 0.6 is 0 Å². The largest absolute Gasteiger partial charge is 0.493 e. The van der Waals surface area contributed by atoms with E-state index in [1.165, 1.54) is 14.2 Å². The van der Waals surface area contributed by atoms with Crippen molar-refractivity contribution in [2.75, 3.05) is 33.9 Å². The van der Waals surface area contributed by atoms with Gasteiger partial charge < -0.3 is 29.6 Å². The Morgan fingerprint density at radius 3 is 2.54 bits per heavy atom. The van der Waals surface area contributed by atoms with Crippen molar-refractivity contribution < 1.29 is 28.5 Å². The molecule has 0 aliphatic carbocycles. The molecular weight excluding hydrogens is 364 g/mol. The first-order valence-electron chi connectivity index (χ1n) is 8.76. The van der Waals surface area contributed by atoms with Gasteiger partial charge in [-0.05, 0) is 30.3 Å². The van der Waals surface area contributed by atoms with Gasteiger partial charge in [0.2, 0.25) is 5.91 Å². The number of carbonyl (C=O) groups is 2. The van der Waals surface area contributed by atoms with E-state index in [2.05, 4.69) is 10.6 Å². The van der Waals surface area contributed by atoms with Gasteiger partial charge in [-0.25, -0.2) is 0 Å². The van der Waals surface area contributed by atoms with Gasteiger partial charge in [-0.2, -0.15) is 0 Å². The van der Waals surface area contributed by atoms with Gasteiger partial charge in [-0.3, -0.25) is 9.59 Å². The van der Waals surface area contributed by atoms with E-state index in [1.807, 2.05) is 24.3 Å².